The second-order valence-electron chi connectivity index (χ2n) is 7.36. The number of hydrogen-bond acceptors (Lipinski definition) is 5. The zero-order valence-electron chi connectivity index (χ0n) is 16.9. The van der Waals surface area contributed by atoms with Gasteiger partial charge < -0.3 is 14.3 Å². The van der Waals surface area contributed by atoms with Crippen LogP contribution in [0.2, 0.25) is 5.02 Å². The first-order valence-corrected chi connectivity index (χ1v) is 10.1. The van der Waals surface area contributed by atoms with Crippen LogP contribution in [0, 0.1) is 0 Å². The van der Waals surface area contributed by atoms with Gasteiger partial charge in [0.1, 0.15) is 23.3 Å². The first kappa shape index (κ1) is 20.8. The van der Waals surface area contributed by atoms with Gasteiger partial charge in [-0.1, -0.05) is 23.7 Å². The zero-order chi connectivity index (χ0) is 22.1. The van der Waals surface area contributed by atoms with Gasteiger partial charge in [0.05, 0.1) is 17.9 Å². The molecule has 4 rings (SSSR count). The first-order valence-electron chi connectivity index (χ1n) is 9.74. The van der Waals surface area contributed by atoms with Crippen LogP contribution in [0.1, 0.15) is 31.2 Å². The van der Waals surface area contributed by atoms with E-state index in [1.54, 1.807) is 54.6 Å². The summed E-state index contributed by atoms with van der Waals surface area (Å²) in [5.74, 6) is -0.887. The highest BCUT2D eigenvalue weighted by atomic mass is 35.5. The van der Waals surface area contributed by atoms with Crippen molar-refractivity contribution in [2.75, 3.05) is 4.90 Å². The van der Waals surface area contributed by atoms with Gasteiger partial charge >= 0.3 is 0 Å². The summed E-state index contributed by atoms with van der Waals surface area (Å²) in [6.07, 6.45) is 1.45. The fourth-order valence-electron chi connectivity index (χ4n) is 3.56. The maximum Gasteiger partial charge on any atom is 0.300 e. The van der Waals surface area contributed by atoms with E-state index in [1.807, 2.05) is 13.8 Å². The molecule has 2 heterocycles. The number of halogens is 1. The Morgan fingerprint density at radius 1 is 1.10 bits per heavy atom. The quantitative estimate of drug-likeness (QED) is 0.331. The minimum Gasteiger partial charge on any atom is -0.507 e. The van der Waals surface area contributed by atoms with E-state index in [9.17, 15) is 14.7 Å². The standard InChI is InChI=1S/C24H20ClNO5/c1-14(2)31-18-10-8-17(9-11-18)26-21(19-7-4-12-30-19)20(23(28)24(26)29)22(27)15-5-3-6-16(25)13-15/h3-14,21,27H,1-2H3/b22-20-. The normalized spacial score (nSPS) is 18.1. The summed E-state index contributed by atoms with van der Waals surface area (Å²) in [6.45, 7) is 3.83. The van der Waals surface area contributed by atoms with Crippen LogP contribution < -0.4 is 9.64 Å². The summed E-state index contributed by atoms with van der Waals surface area (Å²) in [7, 11) is 0. The fraction of sp³-hybridized carbons (Fsp3) is 0.167. The van der Waals surface area contributed by atoms with Crippen LogP contribution in [0.15, 0.2) is 76.9 Å². The van der Waals surface area contributed by atoms with Crippen molar-refractivity contribution >= 4 is 34.7 Å². The Labute approximate surface area is 184 Å². The van der Waals surface area contributed by atoms with E-state index in [4.69, 9.17) is 20.8 Å². The third-order valence-electron chi connectivity index (χ3n) is 4.84. The van der Waals surface area contributed by atoms with Crippen molar-refractivity contribution in [3.05, 3.63) is 88.8 Å². The van der Waals surface area contributed by atoms with Gasteiger partial charge in [0.2, 0.25) is 0 Å². The lowest BCUT2D eigenvalue weighted by atomic mass is 9.99. The number of aliphatic hydroxyl groups excluding tert-OH is 1. The average Bonchev–Trinajstić information content (AvgIpc) is 3.35. The first-order chi connectivity index (χ1) is 14.9. The molecule has 0 spiro atoms. The Hall–Kier alpha value is -3.51. The number of Topliss-reactive ketones (excluding diaryl/α,β-unsaturated/α-hetero) is 1. The molecule has 1 fully saturated rings. The van der Waals surface area contributed by atoms with Crippen LogP contribution in [0.5, 0.6) is 5.75 Å². The molecular weight excluding hydrogens is 418 g/mol. The Morgan fingerprint density at radius 3 is 2.45 bits per heavy atom. The number of carbonyl (C=O) groups is 2. The topological polar surface area (TPSA) is 80.0 Å². The van der Waals surface area contributed by atoms with Crippen LogP contribution in [0.25, 0.3) is 5.76 Å². The molecule has 1 amide bonds. The summed E-state index contributed by atoms with van der Waals surface area (Å²) >= 11 is 6.05. The molecule has 0 aliphatic carbocycles. The number of carbonyl (C=O) groups excluding carboxylic acids is 2. The highest BCUT2D eigenvalue weighted by Gasteiger charge is 2.48. The summed E-state index contributed by atoms with van der Waals surface area (Å²) in [5, 5.41) is 11.4. The average molecular weight is 438 g/mol. The van der Waals surface area contributed by atoms with Gasteiger partial charge in [0.25, 0.3) is 11.7 Å². The number of rotatable bonds is 5. The Balaban J connectivity index is 1.84. The van der Waals surface area contributed by atoms with E-state index in [1.165, 1.54) is 17.2 Å². The fourth-order valence-corrected chi connectivity index (χ4v) is 3.75. The summed E-state index contributed by atoms with van der Waals surface area (Å²) in [6, 6.07) is 15.7. The van der Waals surface area contributed by atoms with E-state index in [0.29, 0.717) is 27.8 Å². The molecule has 1 aromatic heterocycles. The Morgan fingerprint density at radius 2 is 1.84 bits per heavy atom. The summed E-state index contributed by atoms with van der Waals surface area (Å²) < 4.78 is 11.2. The number of ketones is 1. The van der Waals surface area contributed by atoms with E-state index >= 15 is 0 Å². The molecule has 1 N–H and O–H groups in total. The Kier molecular flexibility index (Phi) is 5.57. The lowest BCUT2D eigenvalue weighted by molar-refractivity contribution is -0.132. The molecule has 2 aromatic carbocycles. The van der Waals surface area contributed by atoms with Crippen molar-refractivity contribution < 1.29 is 23.8 Å². The highest BCUT2D eigenvalue weighted by molar-refractivity contribution is 6.51. The molecule has 31 heavy (non-hydrogen) atoms. The van der Waals surface area contributed by atoms with Crippen LogP contribution in [-0.4, -0.2) is 22.9 Å². The van der Waals surface area contributed by atoms with Crippen molar-refractivity contribution in [2.45, 2.75) is 26.0 Å². The highest BCUT2D eigenvalue weighted by Crippen LogP contribution is 2.42. The largest absolute Gasteiger partial charge is 0.507 e. The number of anilines is 1. The van der Waals surface area contributed by atoms with Crippen LogP contribution in [0.4, 0.5) is 5.69 Å². The zero-order valence-corrected chi connectivity index (χ0v) is 17.7. The molecule has 1 atom stereocenters. The Bertz CT molecular complexity index is 1150. The van der Waals surface area contributed by atoms with Gasteiger partial charge in [0, 0.05) is 16.3 Å². The smallest absolute Gasteiger partial charge is 0.300 e. The minimum absolute atomic E-state index is 0.000827. The second kappa shape index (κ2) is 8.32. The molecule has 158 valence electrons. The molecule has 1 saturated heterocycles. The predicted molar refractivity (Wildman–Crippen MR) is 117 cm³/mol. The number of furan rings is 1. The van der Waals surface area contributed by atoms with E-state index < -0.39 is 17.7 Å². The van der Waals surface area contributed by atoms with Crippen molar-refractivity contribution in [1.29, 1.82) is 0 Å². The van der Waals surface area contributed by atoms with Crippen molar-refractivity contribution in [3.63, 3.8) is 0 Å². The number of amides is 1. The maximum absolute atomic E-state index is 13.0. The van der Waals surface area contributed by atoms with Gasteiger partial charge in [-0.05, 0) is 62.4 Å². The second-order valence-corrected chi connectivity index (χ2v) is 7.79. The van der Waals surface area contributed by atoms with Crippen LogP contribution in [0.3, 0.4) is 0 Å². The molecule has 7 heteroatoms. The third kappa shape index (κ3) is 3.94. The maximum atomic E-state index is 13.0. The molecular formula is C24H20ClNO5. The minimum atomic E-state index is -0.925. The van der Waals surface area contributed by atoms with E-state index in [2.05, 4.69) is 0 Å². The SMILES string of the molecule is CC(C)Oc1ccc(N2C(=O)C(=O)/C(=C(\O)c3cccc(Cl)c3)C2c2ccco2)cc1. The van der Waals surface area contributed by atoms with Gasteiger partial charge in [-0.2, -0.15) is 0 Å². The predicted octanol–water partition coefficient (Wildman–Crippen LogP) is 5.35. The lowest BCUT2D eigenvalue weighted by Crippen LogP contribution is -2.29. The van der Waals surface area contributed by atoms with Crippen LogP contribution in [-0.2, 0) is 9.59 Å². The molecule has 1 unspecified atom stereocenters. The van der Waals surface area contributed by atoms with Gasteiger partial charge in [-0.3, -0.25) is 14.5 Å². The number of ether oxygens (including phenoxy) is 1. The third-order valence-corrected chi connectivity index (χ3v) is 5.08. The van der Waals surface area contributed by atoms with Crippen molar-refractivity contribution in [1.82, 2.24) is 0 Å². The summed E-state index contributed by atoms with van der Waals surface area (Å²) in [4.78, 5) is 27.3. The molecule has 1 aliphatic heterocycles. The number of nitrogens with zero attached hydrogens (tertiary/aromatic N) is 1. The number of benzene rings is 2. The summed E-state index contributed by atoms with van der Waals surface area (Å²) in [5.41, 5.74) is 0.747. The van der Waals surface area contributed by atoms with Gasteiger partial charge in [0.15, 0.2) is 0 Å². The lowest BCUT2D eigenvalue weighted by Gasteiger charge is -2.23. The molecule has 0 saturated carbocycles. The van der Waals surface area contributed by atoms with Crippen LogP contribution >= 0.6 is 11.6 Å². The van der Waals surface area contributed by atoms with Gasteiger partial charge in [-0.25, -0.2) is 0 Å². The number of hydrogen-bond donors (Lipinski definition) is 1. The monoisotopic (exact) mass is 437 g/mol. The molecule has 1 aliphatic rings. The molecule has 0 bridgehead atoms. The van der Waals surface area contributed by atoms with Crippen molar-refractivity contribution in [3.8, 4) is 5.75 Å². The number of aliphatic hydroxyl groups is 1. The molecule has 0 radical (unpaired) electrons. The molecule has 6 nitrogen and oxygen atoms in total. The van der Waals surface area contributed by atoms with Gasteiger partial charge in [-0.15, -0.1) is 0 Å². The van der Waals surface area contributed by atoms with E-state index in [-0.39, 0.29) is 17.4 Å². The van der Waals surface area contributed by atoms with Crippen molar-refractivity contribution in [2.24, 2.45) is 0 Å². The van der Waals surface area contributed by atoms with E-state index in [0.717, 1.165) is 0 Å². The molecule has 3 aromatic rings.